The summed E-state index contributed by atoms with van der Waals surface area (Å²) < 4.78 is 5.61. The van der Waals surface area contributed by atoms with Gasteiger partial charge < -0.3 is 15.4 Å². The van der Waals surface area contributed by atoms with E-state index in [2.05, 4.69) is 20.8 Å². The van der Waals surface area contributed by atoms with Crippen LogP contribution in [-0.2, 0) is 9.53 Å². The highest BCUT2D eigenvalue weighted by Crippen LogP contribution is 2.32. The maximum atomic E-state index is 13.0. The molecule has 0 aromatic heterocycles. The molecule has 1 rings (SSSR count). The highest BCUT2D eigenvalue weighted by molar-refractivity contribution is 5.83. The van der Waals surface area contributed by atoms with Crippen LogP contribution in [0.15, 0.2) is 0 Å². The van der Waals surface area contributed by atoms with Crippen molar-refractivity contribution < 1.29 is 9.53 Å². The van der Waals surface area contributed by atoms with Gasteiger partial charge in [0.05, 0.1) is 24.2 Å². The molecule has 112 valence electrons. The Morgan fingerprint density at radius 3 is 2.37 bits per heavy atom. The molecule has 19 heavy (non-hydrogen) atoms. The van der Waals surface area contributed by atoms with Crippen LogP contribution in [0, 0.1) is 5.41 Å². The summed E-state index contributed by atoms with van der Waals surface area (Å²) in [6, 6.07) is 0.156. The first-order chi connectivity index (χ1) is 9.00. The van der Waals surface area contributed by atoms with E-state index < -0.39 is 0 Å². The lowest BCUT2D eigenvalue weighted by atomic mass is 9.77. The largest absolute Gasteiger partial charge is 0.375 e. The van der Waals surface area contributed by atoms with Crippen molar-refractivity contribution in [1.29, 1.82) is 0 Å². The zero-order valence-electron chi connectivity index (χ0n) is 12.9. The maximum absolute atomic E-state index is 13.0. The van der Waals surface area contributed by atoms with Crippen LogP contribution in [0.5, 0.6) is 0 Å². The highest BCUT2D eigenvalue weighted by atomic mass is 16.5. The number of nitrogens with zero attached hydrogens (tertiary/aromatic N) is 1. The van der Waals surface area contributed by atoms with E-state index in [4.69, 9.17) is 10.5 Å². The Hall–Kier alpha value is -0.610. The van der Waals surface area contributed by atoms with E-state index in [0.717, 1.165) is 25.7 Å². The molecular weight excluding hydrogens is 240 g/mol. The van der Waals surface area contributed by atoms with Gasteiger partial charge in [-0.1, -0.05) is 26.7 Å². The van der Waals surface area contributed by atoms with Gasteiger partial charge in [-0.3, -0.25) is 4.79 Å². The van der Waals surface area contributed by atoms with Crippen LogP contribution in [0.4, 0.5) is 0 Å². The second kappa shape index (κ2) is 7.25. The van der Waals surface area contributed by atoms with Gasteiger partial charge in [-0.15, -0.1) is 0 Å². The summed E-state index contributed by atoms with van der Waals surface area (Å²) in [6.07, 6.45) is 3.89. The molecule has 0 radical (unpaired) electrons. The van der Waals surface area contributed by atoms with Crippen molar-refractivity contribution in [3.05, 3.63) is 0 Å². The third-order valence-corrected chi connectivity index (χ3v) is 4.17. The van der Waals surface area contributed by atoms with Gasteiger partial charge in [-0.2, -0.15) is 0 Å². The SMILES string of the molecule is CCCC(CN)(CCC)C(=O)N1CC(C)OCC1C. The third-order valence-electron chi connectivity index (χ3n) is 4.17. The summed E-state index contributed by atoms with van der Waals surface area (Å²) in [4.78, 5) is 15.0. The zero-order chi connectivity index (χ0) is 14.5. The molecule has 1 saturated heterocycles. The summed E-state index contributed by atoms with van der Waals surface area (Å²) in [5.74, 6) is 0.237. The number of hydrogen-bond acceptors (Lipinski definition) is 3. The van der Waals surface area contributed by atoms with Crippen LogP contribution in [0.3, 0.4) is 0 Å². The predicted octanol–water partition coefficient (Wildman–Crippen LogP) is 2.17. The Kier molecular flexibility index (Phi) is 6.27. The van der Waals surface area contributed by atoms with Crippen molar-refractivity contribution in [2.45, 2.75) is 65.5 Å². The van der Waals surface area contributed by atoms with Gasteiger partial charge in [0.2, 0.25) is 5.91 Å². The molecule has 4 nitrogen and oxygen atoms in total. The minimum Gasteiger partial charge on any atom is -0.375 e. The monoisotopic (exact) mass is 270 g/mol. The fraction of sp³-hybridized carbons (Fsp3) is 0.933. The van der Waals surface area contributed by atoms with Gasteiger partial charge in [-0.05, 0) is 26.7 Å². The van der Waals surface area contributed by atoms with Gasteiger partial charge in [0.1, 0.15) is 0 Å². The van der Waals surface area contributed by atoms with Gasteiger partial charge in [0.15, 0.2) is 0 Å². The van der Waals surface area contributed by atoms with Crippen molar-refractivity contribution in [1.82, 2.24) is 4.90 Å². The van der Waals surface area contributed by atoms with Crippen molar-refractivity contribution in [2.24, 2.45) is 11.1 Å². The molecule has 0 spiro atoms. The van der Waals surface area contributed by atoms with Crippen LogP contribution in [0.25, 0.3) is 0 Å². The van der Waals surface area contributed by atoms with E-state index in [1.165, 1.54) is 0 Å². The minimum atomic E-state index is -0.366. The first-order valence-corrected chi connectivity index (χ1v) is 7.63. The van der Waals surface area contributed by atoms with E-state index >= 15 is 0 Å². The number of nitrogens with two attached hydrogens (primary N) is 1. The normalized spacial score (nSPS) is 24.6. The molecule has 1 aliphatic heterocycles. The number of carbonyl (C=O) groups is 1. The van der Waals surface area contributed by atoms with Crippen molar-refractivity contribution >= 4 is 5.91 Å². The first kappa shape index (κ1) is 16.4. The lowest BCUT2D eigenvalue weighted by Gasteiger charge is -2.43. The number of morpholine rings is 1. The zero-order valence-corrected chi connectivity index (χ0v) is 12.9. The number of carbonyl (C=O) groups excluding carboxylic acids is 1. The fourth-order valence-electron chi connectivity index (χ4n) is 3.08. The summed E-state index contributed by atoms with van der Waals surface area (Å²) in [6.45, 7) is 10.1. The molecule has 0 saturated carbocycles. The lowest BCUT2D eigenvalue weighted by Crippen LogP contribution is -2.56. The average Bonchev–Trinajstić information content (AvgIpc) is 2.40. The Bertz CT molecular complexity index is 288. The summed E-state index contributed by atoms with van der Waals surface area (Å²) in [5, 5.41) is 0. The van der Waals surface area contributed by atoms with Crippen LogP contribution >= 0.6 is 0 Å². The molecule has 2 N–H and O–H groups in total. The van der Waals surface area contributed by atoms with Crippen molar-refractivity contribution in [3.8, 4) is 0 Å². The molecule has 0 aliphatic carbocycles. The van der Waals surface area contributed by atoms with Gasteiger partial charge in [-0.25, -0.2) is 0 Å². The average molecular weight is 270 g/mol. The molecule has 2 unspecified atom stereocenters. The number of amides is 1. The summed E-state index contributed by atoms with van der Waals surface area (Å²) in [7, 11) is 0. The maximum Gasteiger partial charge on any atom is 0.230 e. The molecular formula is C15H30N2O2. The second-order valence-electron chi connectivity index (χ2n) is 5.93. The third kappa shape index (κ3) is 3.69. The smallest absolute Gasteiger partial charge is 0.230 e. The van der Waals surface area contributed by atoms with Crippen LogP contribution in [0.2, 0.25) is 0 Å². The lowest BCUT2D eigenvalue weighted by molar-refractivity contribution is -0.154. The van der Waals surface area contributed by atoms with Crippen molar-refractivity contribution in [3.63, 3.8) is 0 Å². The Morgan fingerprint density at radius 2 is 1.89 bits per heavy atom. The molecule has 1 amide bonds. The van der Waals surface area contributed by atoms with E-state index in [1.807, 2.05) is 11.8 Å². The van der Waals surface area contributed by atoms with Gasteiger partial charge >= 0.3 is 0 Å². The number of rotatable bonds is 6. The molecule has 0 bridgehead atoms. The first-order valence-electron chi connectivity index (χ1n) is 7.63. The van der Waals surface area contributed by atoms with E-state index in [-0.39, 0.29) is 23.5 Å². The minimum absolute atomic E-state index is 0.124. The van der Waals surface area contributed by atoms with Crippen molar-refractivity contribution in [2.75, 3.05) is 19.7 Å². The van der Waals surface area contributed by atoms with Gasteiger partial charge in [0, 0.05) is 13.1 Å². The molecule has 1 aliphatic rings. The Morgan fingerprint density at radius 1 is 1.32 bits per heavy atom. The highest BCUT2D eigenvalue weighted by Gasteiger charge is 2.41. The topological polar surface area (TPSA) is 55.6 Å². The molecule has 0 aromatic carbocycles. The molecule has 0 aromatic rings. The van der Waals surface area contributed by atoms with Gasteiger partial charge in [0.25, 0.3) is 0 Å². The standard InChI is InChI=1S/C15H30N2O2/c1-5-7-15(11-16,8-6-2)14(18)17-9-13(4)19-10-12(17)3/h12-13H,5-11,16H2,1-4H3. The van der Waals surface area contributed by atoms with E-state index in [1.54, 1.807) is 0 Å². The second-order valence-corrected chi connectivity index (χ2v) is 5.93. The number of hydrogen-bond donors (Lipinski definition) is 1. The quantitative estimate of drug-likeness (QED) is 0.804. The van der Waals surface area contributed by atoms with E-state index in [9.17, 15) is 4.79 Å². The van der Waals surface area contributed by atoms with Crippen LogP contribution < -0.4 is 5.73 Å². The predicted molar refractivity (Wildman–Crippen MR) is 77.9 cm³/mol. The Labute approximate surface area is 117 Å². The number of ether oxygens (including phenoxy) is 1. The molecule has 1 heterocycles. The fourth-order valence-corrected chi connectivity index (χ4v) is 3.08. The summed E-state index contributed by atoms with van der Waals surface area (Å²) in [5.41, 5.74) is 5.62. The van der Waals surface area contributed by atoms with E-state index in [0.29, 0.717) is 19.7 Å². The summed E-state index contributed by atoms with van der Waals surface area (Å²) >= 11 is 0. The molecule has 2 atom stereocenters. The molecule has 4 heteroatoms. The van der Waals surface area contributed by atoms with Crippen LogP contribution in [0.1, 0.15) is 53.4 Å². The van der Waals surface area contributed by atoms with Crippen LogP contribution in [-0.4, -0.2) is 42.6 Å². The molecule has 1 fully saturated rings. The Balaban J connectivity index is 2.90.